The van der Waals surface area contributed by atoms with Crippen LogP contribution in [0.15, 0.2) is 261 Å². The van der Waals surface area contributed by atoms with Crippen LogP contribution in [0.2, 0.25) is 0 Å². The molecule has 1 nitrogen and oxygen atoms in total. The van der Waals surface area contributed by atoms with Crippen molar-refractivity contribution in [1.29, 1.82) is 0 Å². The lowest BCUT2D eigenvalue weighted by Gasteiger charge is -2.34. The van der Waals surface area contributed by atoms with Gasteiger partial charge in [0.15, 0.2) is 0 Å². The molecule has 0 bridgehead atoms. The van der Waals surface area contributed by atoms with Gasteiger partial charge in [0.2, 0.25) is 0 Å². The Balaban J connectivity index is 1.04. The van der Waals surface area contributed by atoms with Gasteiger partial charge in [0.25, 0.3) is 0 Å². The third-order valence-corrected chi connectivity index (χ3v) is 13.3. The monoisotopic (exact) mass is 813 g/mol. The van der Waals surface area contributed by atoms with Gasteiger partial charge in [-0.05, 0) is 119 Å². The highest BCUT2D eigenvalue weighted by molar-refractivity contribution is 5.99. The third-order valence-electron chi connectivity index (χ3n) is 13.3. The van der Waals surface area contributed by atoms with E-state index in [0.717, 1.165) is 22.6 Å². The third kappa shape index (κ3) is 6.16. The number of fused-ring (bicyclic) bond motifs is 5. The molecule has 11 aromatic rings. The van der Waals surface area contributed by atoms with Gasteiger partial charge in [-0.1, -0.05) is 224 Å². The average Bonchev–Trinajstić information content (AvgIpc) is 3.69. The van der Waals surface area contributed by atoms with Gasteiger partial charge >= 0.3 is 0 Å². The quantitative estimate of drug-likeness (QED) is 0.148. The number of rotatable bonds is 8. The molecular weight excluding hydrogens is 771 g/mol. The Morgan fingerprint density at radius 3 is 1.58 bits per heavy atom. The molecule has 12 rings (SSSR count). The molecule has 300 valence electrons. The Bertz CT molecular complexity index is 3430. The summed E-state index contributed by atoms with van der Waals surface area (Å²) in [5.74, 6) is 0. The molecule has 0 amide bonds. The minimum Gasteiger partial charge on any atom is -0.310 e. The summed E-state index contributed by atoms with van der Waals surface area (Å²) in [6.07, 6.45) is 0. The van der Waals surface area contributed by atoms with Crippen molar-refractivity contribution in [2.45, 2.75) is 5.41 Å². The van der Waals surface area contributed by atoms with E-state index in [4.69, 9.17) is 0 Å². The van der Waals surface area contributed by atoms with Crippen molar-refractivity contribution < 1.29 is 0 Å². The zero-order chi connectivity index (χ0) is 42.5. The first-order valence-corrected chi connectivity index (χ1v) is 22.2. The smallest absolute Gasteiger partial charge is 0.0714 e. The van der Waals surface area contributed by atoms with Crippen molar-refractivity contribution in [3.8, 4) is 44.5 Å². The standard InChI is InChI=1S/C63H43N/c1-3-21-52(22-4-1)63(53-23-5-2-6-24-53)59-29-12-11-27-58(59)62-60(63)30-15-31-61(62)64(54-40-38-46(39-41-54)51-37-34-44-16-7-8-18-49(44)42-51)55-25-13-20-50(43-55)45-32-35-48(36-33-45)57-28-14-19-47-17-9-10-26-56(47)57/h1-43H. The van der Waals surface area contributed by atoms with Crippen LogP contribution in [0, 0.1) is 0 Å². The highest BCUT2D eigenvalue weighted by atomic mass is 15.1. The number of hydrogen-bond donors (Lipinski definition) is 0. The van der Waals surface area contributed by atoms with E-state index in [1.165, 1.54) is 82.7 Å². The second-order valence-electron chi connectivity index (χ2n) is 16.8. The lowest BCUT2D eigenvalue weighted by atomic mass is 9.68. The lowest BCUT2D eigenvalue weighted by Crippen LogP contribution is -2.28. The Morgan fingerprint density at radius 2 is 0.812 bits per heavy atom. The minimum atomic E-state index is -0.510. The first-order valence-electron chi connectivity index (χ1n) is 22.2. The normalized spacial score (nSPS) is 12.5. The van der Waals surface area contributed by atoms with Crippen LogP contribution in [-0.4, -0.2) is 0 Å². The molecule has 0 aliphatic heterocycles. The van der Waals surface area contributed by atoms with Gasteiger partial charge in [-0.3, -0.25) is 0 Å². The maximum atomic E-state index is 2.47. The Hall–Kier alpha value is -8.26. The van der Waals surface area contributed by atoms with Crippen LogP contribution in [0.5, 0.6) is 0 Å². The Kier molecular flexibility index (Phi) is 9.13. The van der Waals surface area contributed by atoms with Crippen LogP contribution in [0.25, 0.3) is 66.1 Å². The van der Waals surface area contributed by atoms with Gasteiger partial charge in [0.05, 0.1) is 11.1 Å². The molecule has 11 aromatic carbocycles. The molecule has 0 fully saturated rings. The molecule has 0 saturated heterocycles. The summed E-state index contributed by atoms with van der Waals surface area (Å²) in [6, 6.07) is 95.9. The molecule has 0 N–H and O–H groups in total. The van der Waals surface area contributed by atoms with E-state index < -0.39 is 5.41 Å². The molecule has 1 aliphatic rings. The van der Waals surface area contributed by atoms with Crippen LogP contribution in [0.1, 0.15) is 22.3 Å². The van der Waals surface area contributed by atoms with Crippen molar-refractivity contribution in [3.05, 3.63) is 283 Å². The van der Waals surface area contributed by atoms with Crippen LogP contribution in [0.3, 0.4) is 0 Å². The van der Waals surface area contributed by atoms with E-state index in [9.17, 15) is 0 Å². The fourth-order valence-corrected chi connectivity index (χ4v) is 10.4. The molecule has 64 heavy (non-hydrogen) atoms. The number of benzene rings is 11. The topological polar surface area (TPSA) is 3.24 Å². The van der Waals surface area contributed by atoms with Crippen LogP contribution in [-0.2, 0) is 5.41 Å². The maximum Gasteiger partial charge on any atom is 0.0714 e. The molecule has 0 atom stereocenters. The van der Waals surface area contributed by atoms with E-state index in [2.05, 4.69) is 266 Å². The predicted molar refractivity (Wildman–Crippen MR) is 270 cm³/mol. The summed E-state index contributed by atoms with van der Waals surface area (Å²) in [4.78, 5) is 2.47. The van der Waals surface area contributed by atoms with Crippen molar-refractivity contribution in [1.82, 2.24) is 0 Å². The lowest BCUT2D eigenvalue weighted by molar-refractivity contribution is 0.768. The van der Waals surface area contributed by atoms with E-state index in [0.29, 0.717) is 0 Å². The first-order chi connectivity index (χ1) is 31.7. The number of nitrogens with zero attached hydrogens (tertiary/aromatic N) is 1. The van der Waals surface area contributed by atoms with E-state index in [1.54, 1.807) is 0 Å². The number of anilines is 3. The average molecular weight is 814 g/mol. The van der Waals surface area contributed by atoms with E-state index in [-0.39, 0.29) is 0 Å². The van der Waals surface area contributed by atoms with Gasteiger partial charge in [0, 0.05) is 16.9 Å². The first kappa shape index (κ1) is 37.5. The molecule has 0 aromatic heterocycles. The summed E-state index contributed by atoms with van der Waals surface area (Å²) in [5.41, 5.74) is 17.6. The van der Waals surface area contributed by atoms with E-state index >= 15 is 0 Å². The van der Waals surface area contributed by atoms with Gasteiger partial charge in [-0.2, -0.15) is 0 Å². The SMILES string of the molecule is c1ccc(C2(c3ccccc3)c3ccccc3-c3c(N(c4ccc(-c5ccc6ccccc6c5)cc4)c4cccc(-c5ccc(-c6cccc7ccccc67)cc5)c4)cccc32)cc1. The van der Waals surface area contributed by atoms with Crippen LogP contribution >= 0.6 is 0 Å². The summed E-state index contributed by atoms with van der Waals surface area (Å²) >= 11 is 0. The maximum absolute atomic E-state index is 2.47. The van der Waals surface area contributed by atoms with Gasteiger partial charge in [-0.15, -0.1) is 0 Å². The zero-order valence-electron chi connectivity index (χ0n) is 35.3. The summed E-state index contributed by atoms with van der Waals surface area (Å²) in [5, 5.41) is 5.01. The highest BCUT2D eigenvalue weighted by Gasteiger charge is 2.47. The summed E-state index contributed by atoms with van der Waals surface area (Å²) < 4.78 is 0. The molecule has 0 heterocycles. The molecule has 0 radical (unpaired) electrons. The molecule has 0 spiro atoms. The van der Waals surface area contributed by atoms with Crippen LogP contribution in [0.4, 0.5) is 17.1 Å². The van der Waals surface area contributed by atoms with Gasteiger partial charge in [-0.25, -0.2) is 0 Å². The van der Waals surface area contributed by atoms with Crippen molar-refractivity contribution >= 4 is 38.6 Å². The summed E-state index contributed by atoms with van der Waals surface area (Å²) in [6.45, 7) is 0. The Morgan fingerprint density at radius 1 is 0.281 bits per heavy atom. The molecule has 1 heteroatoms. The molecule has 1 aliphatic carbocycles. The number of hydrogen-bond acceptors (Lipinski definition) is 1. The largest absolute Gasteiger partial charge is 0.310 e. The highest BCUT2D eigenvalue weighted by Crippen LogP contribution is 2.59. The predicted octanol–water partition coefficient (Wildman–Crippen LogP) is 16.8. The summed E-state index contributed by atoms with van der Waals surface area (Å²) in [7, 11) is 0. The fourth-order valence-electron chi connectivity index (χ4n) is 10.4. The molecular formula is C63H43N. The zero-order valence-corrected chi connectivity index (χ0v) is 35.3. The van der Waals surface area contributed by atoms with E-state index in [1.807, 2.05) is 0 Å². The minimum absolute atomic E-state index is 0.510. The van der Waals surface area contributed by atoms with Crippen molar-refractivity contribution in [2.75, 3.05) is 4.90 Å². The second-order valence-corrected chi connectivity index (χ2v) is 16.8. The van der Waals surface area contributed by atoms with Crippen molar-refractivity contribution in [2.24, 2.45) is 0 Å². The Labute approximate surface area is 374 Å². The molecule has 0 saturated carbocycles. The van der Waals surface area contributed by atoms with Gasteiger partial charge in [0.1, 0.15) is 0 Å². The fraction of sp³-hybridized carbons (Fsp3) is 0.0159. The van der Waals surface area contributed by atoms with Crippen molar-refractivity contribution in [3.63, 3.8) is 0 Å². The molecule has 0 unspecified atom stereocenters. The second kappa shape index (κ2) is 15.6. The van der Waals surface area contributed by atoms with Gasteiger partial charge < -0.3 is 4.90 Å². The van der Waals surface area contributed by atoms with Crippen LogP contribution < -0.4 is 4.90 Å².